The van der Waals surface area contributed by atoms with E-state index in [2.05, 4.69) is 47.4 Å². The van der Waals surface area contributed by atoms with Crippen molar-refractivity contribution in [1.82, 2.24) is 19.7 Å². The topological polar surface area (TPSA) is 42.2 Å². The van der Waals surface area contributed by atoms with Crippen molar-refractivity contribution in [2.75, 3.05) is 18.1 Å². The first-order chi connectivity index (χ1) is 8.83. The van der Waals surface area contributed by atoms with Gasteiger partial charge in [0.05, 0.1) is 18.1 Å². The second kappa shape index (κ2) is 5.59. The number of rotatable bonds is 4. The van der Waals surface area contributed by atoms with E-state index in [9.17, 15) is 0 Å². The second-order valence-electron chi connectivity index (χ2n) is 4.55. The monoisotopic (exact) mass is 326 g/mol. The van der Waals surface area contributed by atoms with Crippen molar-refractivity contribution in [3.05, 3.63) is 28.9 Å². The highest BCUT2D eigenvalue weighted by molar-refractivity contribution is 9.10. The van der Waals surface area contributed by atoms with E-state index in [-0.39, 0.29) is 0 Å². The first-order valence-electron chi connectivity index (χ1n) is 6.09. The van der Waals surface area contributed by atoms with Crippen molar-refractivity contribution in [2.45, 2.75) is 13.0 Å². The normalized spacial score (nSPS) is 19.7. The Kier molecular flexibility index (Phi) is 3.86. The fraction of sp³-hybridized carbons (Fsp3) is 0.500. The molecule has 1 N–H and O–H groups in total. The quantitative estimate of drug-likeness (QED) is 0.936. The SMILES string of the molecule is Brc1cn2c(CNCC3CCSC3)cnc2cn1. The molecule has 1 aliphatic rings. The van der Waals surface area contributed by atoms with Crippen LogP contribution < -0.4 is 5.32 Å². The van der Waals surface area contributed by atoms with Crippen LogP contribution >= 0.6 is 27.7 Å². The van der Waals surface area contributed by atoms with Crippen LogP contribution in [0.25, 0.3) is 5.65 Å². The Labute approximate surface area is 119 Å². The third-order valence-electron chi connectivity index (χ3n) is 3.20. The number of nitrogens with zero attached hydrogens (tertiary/aromatic N) is 3. The number of aromatic nitrogens is 3. The van der Waals surface area contributed by atoms with E-state index >= 15 is 0 Å². The molecule has 3 rings (SSSR count). The molecule has 3 heterocycles. The first-order valence-corrected chi connectivity index (χ1v) is 8.03. The van der Waals surface area contributed by atoms with Gasteiger partial charge in [-0.2, -0.15) is 11.8 Å². The van der Waals surface area contributed by atoms with Gasteiger partial charge in [0.1, 0.15) is 4.60 Å². The molecule has 0 spiro atoms. The van der Waals surface area contributed by atoms with Crippen LogP contribution in [-0.4, -0.2) is 32.4 Å². The summed E-state index contributed by atoms with van der Waals surface area (Å²) in [6.45, 7) is 1.96. The molecule has 0 bridgehead atoms. The average molecular weight is 327 g/mol. The van der Waals surface area contributed by atoms with Crippen molar-refractivity contribution in [2.24, 2.45) is 5.92 Å². The van der Waals surface area contributed by atoms with Gasteiger partial charge in [0.25, 0.3) is 0 Å². The van der Waals surface area contributed by atoms with Crippen molar-refractivity contribution in [3.63, 3.8) is 0 Å². The first kappa shape index (κ1) is 12.4. The Balaban J connectivity index is 1.65. The Hall–Kier alpha value is -0.590. The summed E-state index contributed by atoms with van der Waals surface area (Å²) in [4.78, 5) is 8.52. The minimum atomic E-state index is 0.835. The van der Waals surface area contributed by atoms with Gasteiger partial charge in [-0.05, 0) is 46.3 Å². The Morgan fingerprint density at radius 2 is 2.39 bits per heavy atom. The van der Waals surface area contributed by atoms with Gasteiger partial charge in [0.2, 0.25) is 0 Å². The highest BCUT2D eigenvalue weighted by Gasteiger charge is 2.14. The molecule has 2 aromatic heterocycles. The van der Waals surface area contributed by atoms with Crippen molar-refractivity contribution < 1.29 is 0 Å². The molecule has 2 aromatic rings. The number of hydrogen-bond acceptors (Lipinski definition) is 4. The summed E-state index contributed by atoms with van der Waals surface area (Å²) >= 11 is 5.45. The molecule has 1 unspecified atom stereocenters. The van der Waals surface area contributed by atoms with Crippen LogP contribution in [-0.2, 0) is 6.54 Å². The molecule has 1 saturated heterocycles. The van der Waals surface area contributed by atoms with Gasteiger partial charge in [0.15, 0.2) is 5.65 Å². The van der Waals surface area contributed by atoms with E-state index in [1.807, 2.05) is 12.4 Å². The maximum absolute atomic E-state index is 4.35. The van der Waals surface area contributed by atoms with Crippen LogP contribution in [0.3, 0.4) is 0 Å². The number of halogens is 1. The lowest BCUT2D eigenvalue weighted by Crippen LogP contribution is -2.22. The highest BCUT2D eigenvalue weighted by Crippen LogP contribution is 2.22. The van der Waals surface area contributed by atoms with Crippen molar-refractivity contribution in [3.8, 4) is 0 Å². The summed E-state index contributed by atoms with van der Waals surface area (Å²) in [5.74, 6) is 3.46. The Bertz CT molecular complexity index is 536. The van der Waals surface area contributed by atoms with E-state index in [0.717, 1.165) is 29.3 Å². The Morgan fingerprint density at radius 1 is 1.44 bits per heavy atom. The number of nitrogens with one attached hydrogen (secondary N) is 1. The zero-order valence-corrected chi connectivity index (χ0v) is 12.4. The molecule has 1 atom stereocenters. The summed E-state index contributed by atoms with van der Waals surface area (Å²) in [6.07, 6.45) is 7.01. The van der Waals surface area contributed by atoms with E-state index in [4.69, 9.17) is 0 Å². The van der Waals surface area contributed by atoms with Gasteiger partial charge >= 0.3 is 0 Å². The van der Waals surface area contributed by atoms with Crippen LogP contribution in [0.15, 0.2) is 23.2 Å². The van der Waals surface area contributed by atoms with Gasteiger partial charge in [-0.3, -0.25) is 4.40 Å². The summed E-state index contributed by atoms with van der Waals surface area (Å²) in [5.41, 5.74) is 2.07. The standard InChI is InChI=1S/C12H15BrN4S/c13-11-7-17-10(5-16-12(17)6-15-11)4-14-3-9-1-2-18-8-9/h5-7,9,14H,1-4,8H2. The molecule has 0 radical (unpaired) electrons. The number of fused-ring (bicyclic) bond motifs is 1. The lowest BCUT2D eigenvalue weighted by atomic mass is 10.1. The lowest BCUT2D eigenvalue weighted by molar-refractivity contribution is 0.519. The van der Waals surface area contributed by atoms with Gasteiger partial charge in [-0.25, -0.2) is 9.97 Å². The van der Waals surface area contributed by atoms with E-state index < -0.39 is 0 Å². The molecule has 1 aliphatic heterocycles. The molecule has 0 aromatic carbocycles. The smallest absolute Gasteiger partial charge is 0.155 e. The second-order valence-corrected chi connectivity index (χ2v) is 6.51. The fourth-order valence-electron chi connectivity index (χ4n) is 2.20. The van der Waals surface area contributed by atoms with Gasteiger partial charge < -0.3 is 5.32 Å². The third kappa shape index (κ3) is 2.70. The van der Waals surface area contributed by atoms with Crippen LogP contribution in [0, 0.1) is 5.92 Å². The zero-order valence-electron chi connectivity index (χ0n) is 9.97. The van der Waals surface area contributed by atoms with E-state index in [1.54, 1.807) is 6.20 Å². The zero-order chi connectivity index (χ0) is 12.4. The summed E-state index contributed by atoms with van der Waals surface area (Å²) in [6, 6.07) is 0. The third-order valence-corrected chi connectivity index (χ3v) is 4.85. The summed E-state index contributed by atoms with van der Waals surface area (Å²) < 4.78 is 2.91. The summed E-state index contributed by atoms with van der Waals surface area (Å²) in [7, 11) is 0. The molecule has 18 heavy (non-hydrogen) atoms. The predicted molar refractivity (Wildman–Crippen MR) is 77.8 cm³/mol. The molecule has 0 aliphatic carbocycles. The molecular weight excluding hydrogens is 312 g/mol. The fourth-order valence-corrected chi connectivity index (χ4v) is 3.79. The van der Waals surface area contributed by atoms with Crippen LogP contribution in [0.1, 0.15) is 12.1 Å². The number of imidazole rings is 1. The maximum Gasteiger partial charge on any atom is 0.155 e. The average Bonchev–Trinajstić information content (AvgIpc) is 2.99. The van der Waals surface area contributed by atoms with Gasteiger partial charge in [-0.1, -0.05) is 0 Å². The molecular formula is C12H15BrN4S. The van der Waals surface area contributed by atoms with Crippen LogP contribution in [0.4, 0.5) is 0 Å². The van der Waals surface area contributed by atoms with E-state index in [0.29, 0.717) is 0 Å². The van der Waals surface area contributed by atoms with Crippen LogP contribution in [0.5, 0.6) is 0 Å². The van der Waals surface area contributed by atoms with Gasteiger partial charge in [0, 0.05) is 12.7 Å². The highest BCUT2D eigenvalue weighted by atomic mass is 79.9. The molecule has 0 saturated carbocycles. The lowest BCUT2D eigenvalue weighted by Gasteiger charge is -2.09. The van der Waals surface area contributed by atoms with Crippen molar-refractivity contribution >= 4 is 33.3 Å². The molecule has 6 heteroatoms. The van der Waals surface area contributed by atoms with Gasteiger partial charge in [-0.15, -0.1) is 0 Å². The minimum Gasteiger partial charge on any atom is -0.311 e. The largest absolute Gasteiger partial charge is 0.311 e. The molecule has 1 fully saturated rings. The molecule has 96 valence electrons. The number of thioether (sulfide) groups is 1. The molecule has 4 nitrogen and oxygen atoms in total. The van der Waals surface area contributed by atoms with Crippen LogP contribution in [0.2, 0.25) is 0 Å². The maximum atomic E-state index is 4.35. The predicted octanol–water partition coefficient (Wildman–Crippen LogP) is 2.33. The summed E-state index contributed by atoms with van der Waals surface area (Å²) in [5, 5.41) is 3.53. The Morgan fingerprint density at radius 3 is 3.22 bits per heavy atom. The van der Waals surface area contributed by atoms with E-state index in [1.165, 1.54) is 23.6 Å². The van der Waals surface area contributed by atoms with Crippen molar-refractivity contribution in [1.29, 1.82) is 0 Å². The number of hydrogen-bond donors (Lipinski definition) is 1. The minimum absolute atomic E-state index is 0.835. The molecule has 0 amide bonds.